The normalized spacial score (nSPS) is 20.4. The molecule has 1 atom stereocenters. The zero-order chi connectivity index (χ0) is 12.3. The highest BCUT2D eigenvalue weighted by molar-refractivity contribution is 5.85. The first-order valence-corrected chi connectivity index (χ1v) is 5.80. The van der Waals surface area contributed by atoms with Crippen LogP contribution in [-0.2, 0) is 6.54 Å². The molecule has 0 aromatic carbocycles. The van der Waals surface area contributed by atoms with Gasteiger partial charge in [0.15, 0.2) is 0 Å². The van der Waals surface area contributed by atoms with Gasteiger partial charge in [0.2, 0.25) is 0 Å². The fourth-order valence-electron chi connectivity index (χ4n) is 2.16. The molecule has 0 aliphatic carbocycles. The van der Waals surface area contributed by atoms with Crippen LogP contribution in [0, 0.1) is 0 Å². The standard InChI is InChI=1S/C11H16FN3O2/c12-3-5-15-10(11(16)17)6-9(14-15)8-2-1-4-13-7-8/h6,8,13H,1-5,7H2,(H,16,17). The molecule has 2 rings (SSSR count). The highest BCUT2D eigenvalue weighted by atomic mass is 19.1. The number of nitrogens with one attached hydrogen (secondary N) is 1. The second-order valence-corrected chi connectivity index (χ2v) is 4.21. The van der Waals surface area contributed by atoms with Crippen LogP contribution in [0.2, 0.25) is 0 Å². The Kier molecular flexibility index (Phi) is 3.73. The van der Waals surface area contributed by atoms with E-state index in [0.717, 1.165) is 31.6 Å². The molecule has 1 aromatic heterocycles. The zero-order valence-corrected chi connectivity index (χ0v) is 9.53. The van der Waals surface area contributed by atoms with Crippen molar-refractivity contribution in [2.45, 2.75) is 25.3 Å². The molecule has 5 nitrogen and oxygen atoms in total. The van der Waals surface area contributed by atoms with Crippen LogP contribution in [0.1, 0.15) is 34.9 Å². The molecule has 1 aliphatic rings. The van der Waals surface area contributed by atoms with Crippen LogP contribution < -0.4 is 5.32 Å². The Balaban J connectivity index is 2.22. The van der Waals surface area contributed by atoms with E-state index in [2.05, 4.69) is 10.4 Å². The molecule has 2 heterocycles. The molecule has 1 aromatic rings. The van der Waals surface area contributed by atoms with Gasteiger partial charge < -0.3 is 10.4 Å². The van der Waals surface area contributed by atoms with E-state index in [4.69, 9.17) is 5.11 Å². The summed E-state index contributed by atoms with van der Waals surface area (Å²) in [6.07, 6.45) is 2.06. The minimum absolute atomic E-state index is 0.00177. The van der Waals surface area contributed by atoms with Crippen molar-refractivity contribution >= 4 is 5.97 Å². The molecule has 1 fully saturated rings. The van der Waals surface area contributed by atoms with Crippen molar-refractivity contribution in [3.05, 3.63) is 17.5 Å². The van der Waals surface area contributed by atoms with Crippen molar-refractivity contribution in [3.8, 4) is 0 Å². The van der Waals surface area contributed by atoms with Crippen molar-refractivity contribution < 1.29 is 14.3 Å². The minimum atomic E-state index is -1.05. The van der Waals surface area contributed by atoms with Gasteiger partial charge in [-0.15, -0.1) is 0 Å². The predicted octanol–water partition coefficient (Wildman–Crippen LogP) is 1.02. The summed E-state index contributed by atoms with van der Waals surface area (Å²) in [7, 11) is 0. The first-order valence-electron chi connectivity index (χ1n) is 5.80. The molecular formula is C11H16FN3O2. The number of alkyl halides is 1. The summed E-state index contributed by atoms with van der Waals surface area (Å²) in [5.41, 5.74) is 0.825. The fourth-order valence-corrected chi connectivity index (χ4v) is 2.16. The van der Waals surface area contributed by atoms with E-state index in [1.807, 2.05) is 0 Å². The molecule has 0 spiro atoms. The molecule has 2 N–H and O–H groups in total. The average molecular weight is 241 g/mol. The third kappa shape index (κ3) is 2.63. The van der Waals surface area contributed by atoms with Gasteiger partial charge in [0.25, 0.3) is 0 Å². The summed E-state index contributed by atoms with van der Waals surface area (Å²) in [5.74, 6) is -0.816. The Morgan fingerprint density at radius 3 is 3.12 bits per heavy atom. The van der Waals surface area contributed by atoms with Gasteiger partial charge in [0, 0.05) is 12.5 Å². The summed E-state index contributed by atoms with van der Waals surface area (Å²) in [5, 5.41) is 16.5. The lowest BCUT2D eigenvalue weighted by Crippen LogP contribution is -2.28. The Hall–Kier alpha value is -1.43. The minimum Gasteiger partial charge on any atom is -0.477 e. The third-order valence-corrected chi connectivity index (χ3v) is 3.03. The van der Waals surface area contributed by atoms with Gasteiger partial charge in [-0.25, -0.2) is 9.18 Å². The molecule has 1 aliphatic heterocycles. The lowest BCUT2D eigenvalue weighted by molar-refractivity contribution is 0.0682. The molecule has 0 bridgehead atoms. The van der Waals surface area contributed by atoms with Gasteiger partial charge in [-0.05, 0) is 25.5 Å². The fraction of sp³-hybridized carbons (Fsp3) is 0.636. The molecule has 0 saturated carbocycles. The number of hydrogen-bond donors (Lipinski definition) is 2. The van der Waals surface area contributed by atoms with E-state index in [-0.39, 0.29) is 18.2 Å². The summed E-state index contributed by atoms with van der Waals surface area (Å²) in [4.78, 5) is 11.0. The van der Waals surface area contributed by atoms with E-state index >= 15 is 0 Å². The van der Waals surface area contributed by atoms with E-state index in [9.17, 15) is 9.18 Å². The number of nitrogens with zero attached hydrogens (tertiary/aromatic N) is 2. The second kappa shape index (κ2) is 5.27. The van der Waals surface area contributed by atoms with Gasteiger partial charge >= 0.3 is 5.97 Å². The Morgan fingerprint density at radius 1 is 1.71 bits per heavy atom. The number of carboxylic acids is 1. The monoisotopic (exact) mass is 241 g/mol. The molecular weight excluding hydrogens is 225 g/mol. The molecule has 17 heavy (non-hydrogen) atoms. The maximum Gasteiger partial charge on any atom is 0.354 e. The summed E-state index contributed by atoms with van der Waals surface area (Å²) in [6, 6.07) is 1.57. The molecule has 0 radical (unpaired) electrons. The highest BCUT2D eigenvalue weighted by Gasteiger charge is 2.21. The van der Waals surface area contributed by atoms with Crippen molar-refractivity contribution in [1.82, 2.24) is 15.1 Å². The first-order chi connectivity index (χ1) is 8.22. The largest absolute Gasteiger partial charge is 0.477 e. The highest BCUT2D eigenvalue weighted by Crippen LogP contribution is 2.22. The Morgan fingerprint density at radius 2 is 2.53 bits per heavy atom. The SMILES string of the molecule is O=C(O)c1cc(C2CCCNC2)nn1CCF. The van der Waals surface area contributed by atoms with Crippen LogP contribution in [0.5, 0.6) is 0 Å². The van der Waals surface area contributed by atoms with Crippen molar-refractivity contribution in [3.63, 3.8) is 0 Å². The number of hydrogen-bond acceptors (Lipinski definition) is 3. The van der Waals surface area contributed by atoms with Gasteiger partial charge in [-0.1, -0.05) is 0 Å². The van der Waals surface area contributed by atoms with Crippen LogP contribution in [-0.4, -0.2) is 40.6 Å². The van der Waals surface area contributed by atoms with E-state index in [1.54, 1.807) is 6.07 Å². The van der Waals surface area contributed by atoms with Gasteiger partial charge in [-0.2, -0.15) is 5.10 Å². The number of aromatic carboxylic acids is 1. The molecule has 1 unspecified atom stereocenters. The lowest BCUT2D eigenvalue weighted by Gasteiger charge is -2.20. The predicted molar refractivity (Wildman–Crippen MR) is 60.0 cm³/mol. The quantitative estimate of drug-likeness (QED) is 0.825. The van der Waals surface area contributed by atoms with Crippen molar-refractivity contribution in [1.29, 1.82) is 0 Å². The van der Waals surface area contributed by atoms with E-state index in [0.29, 0.717) is 0 Å². The smallest absolute Gasteiger partial charge is 0.354 e. The summed E-state index contributed by atoms with van der Waals surface area (Å²) in [6.45, 7) is 1.20. The molecule has 1 saturated heterocycles. The van der Waals surface area contributed by atoms with Crippen molar-refractivity contribution in [2.24, 2.45) is 0 Å². The van der Waals surface area contributed by atoms with Crippen LogP contribution in [0.3, 0.4) is 0 Å². The Bertz CT molecular complexity index is 399. The number of aromatic nitrogens is 2. The summed E-state index contributed by atoms with van der Waals surface area (Å²) >= 11 is 0. The third-order valence-electron chi connectivity index (χ3n) is 3.03. The Labute approximate surface area is 98.6 Å². The first kappa shape index (κ1) is 12.0. The van der Waals surface area contributed by atoms with Gasteiger partial charge in [-0.3, -0.25) is 4.68 Å². The lowest BCUT2D eigenvalue weighted by atomic mass is 9.96. The maximum atomic E-state index is 12.3. The number of halogens is 1. The van der Waals surface area contributed by atoms with Crippen LogP contribution in [0.25, 0.3) is 0 Å². The molecule has 0 amide bonds. The molecule has 94 valence electrons. The molecule has 6 heteroatoms. The van der Waals surface area contributed by atoms with Crippen LogP contribution >= 0.6 is 0 Å². The number of piperidine rings is 1. The number of carbonyl (C=O) groups is 1. The average Bonchev–Trinajstić information content (AvgIpc) is 2.75. The van der Waals surface area contributed by atoms with Gasteiger partial charge in [0.1, 0.15) is 12.4 Å². The van der Waals surface area contributed by atoms with E-state index in [1.165, 1.54) is 4.68 Å². The maximum absolute atomic E-state index is 12.3. The number of rotatable bonds is 4. The van der Waals surface area contributed by atoms with Gasteiger partial charge in [0.05, 0.1) is 12.2 Å². The van der Waals surface area contributed by atoms with Crippen LogP contribution in [0.15, 0.2) is 6.07 Å². The number of aryl methyl sites for hydroxylation is 1. The zero-order valence-electron chi connectivity index (χ0n) is 9.53. The summed E-state index contributed by atoms with van der Waals surface area (Å²) < 4.78 is 13.5. The topological polar surface area (TPSA) is 67.2 Å². The van der Waals surface area contributed by atoms with Crippen LogP contribution in [0.4, 0.5) is 4.39 Å². The van der Waals surface area contributed by atoms with Crippen molar-refractivity contribution in [2.75, 3.05) is 19.8 Å². The second-order valence-electron chi connectivity index (χ2n) is 4.21. The van der Waals surface area contributed by atoms with E-state index < -0.39 is 12.6 Å². The number of carboxylic acid groups (broad SMARTS) is 1.